The summed E-state index contributed by atoms with van der Waals surface area (Å²) in [7, 11) is 1.75. The summed E-state index contributed by atoms with van der Waals surface area (Å²) in [6.45, 7) is 2.26. The number of hydrogen-bond acceptors (Lipinski definition) is 5. The molecule has 0 amide bonds. The summed E-state index contributed by atoms with van der Waals surface area (Å²) in [6, 6.07) is 5.90. The molecular weight excluding hydrogens is 324 g/mol. The van der Waals surface area contributed by atoms with Crippen molar-refractivity contribution < 1.29 is 4.42 Å². The molecule has 0 fully saturated rings. The zero-order valence-electron chi connectivity index (χ0n) is 13.5. The van der Waals surface area contributed by atoms with Crippen LogP contribution in [0.15, 0.2) is 51.6 Å². The minimum Gasteiger partial charge on any atom is -0.443 e. The second-order valence-electron chi connectivity index (χ2n) is 5.10. The molecule has 0 radical (unpaired) electrons. The van der Waals surface area contributed by atoms with E-state index in [0.717, 1.165) is 36.0 Å². The smallest absolute Gasteiger partial charge is 0.236 e. The van der Waals surface area contributed by atoms with Crippen molar-refractivity contribution in [3.8, 4) is 10.8 Å². The van der Waals surface area contributed by atoms with Crippen LogP contribution in [0.2, 0.25) is 0 Å². The van der Waals surface area contributed by atoms with E-state index in [0.29, 0.717) is 12.4 Å². The highest BCUT2D eigenvalue weighted by Crippen LogP contribution is 2.23. The number of nitrogens with one attached hydrogen (secondary N) is 2. The van der Waals surface area contributed by atoms with E-state index >= 15 is 0 Å². The number of aromatic nitrogens is 3. The van der Waals surface area contributed by atoms with E-state index in [2.05, 4.69) is 25.7 Å². The van der Waals surface area contributed by atoms with Gasteiger partial charge in [0.25, 0.3) is 0 Å². The Morgan fingerprint density at radius 3 is 3.08 bits per heavy atom. The molecule has 0 bridgehead atoms. The van der Waals surface area contributed by atoms with Crippen molar-refractivity contribution in [1.82, 2.24) is 25.4 Å². The average Bonchev–Trinajstić information content (AvgIpc) is 3.35. The maximum atomic E-state index is 5.50. The van der Waals surface area contributed by atoms with Gasteiger partial charge in [-0.1, -0.05) is 6.07 Å². The highest BCUT2D eigenvalue weighted by Gasteiger charge is 2.07. The van der Waals surface area contributed by atoms with Gasteiger partial charge < -0.3 is 15.1 Å². The molecule has 0 aliphatic rings. The third-order valence-corrected chi connectivity index (χ3v) is 4.22. The summed E-state index contributed by atoms with van der Waals surface area (Å²) in [5, 5.41) is 12.7. The molecule has 0 atom stereocenters. The van der Waals surface area contributed by atoms with Gasteiger partial charge in [-0.3, -0.25) is 9.67 Å². The molecule has 3 heterocycles. The lowest BCUT2D eigenvalue weighted by Gasteiger charge is -2.10. The fourth-order valence-corrected chi connectivity index (χ4v) is 2.83. The molecule has 0 spiro atoms. The third kappa shape index (κ3) is 4.45. The lowest BCUT2D eigenvalue weighted by atomic mass is 10.4. The molecule has 126 valence electrons. The number of oxazole rings is 1. The van der Waals surface area contributed by atoms with Crippen LogP contribution in [0, 0.1) is 0 Å². The molecule has 2 N–H and O–H groups in total. The zero-order chi connectivity index (χ0) is 16.6. The predicted octanol–water partition coefficient (Wildman–Crippen LogP) is 2.35. The number of aryl methyl sites for hydroxylation is 1. The van der Waals surface area contributed by atoms with Crippen LogP contribution in [-0.2, 0) is 13.1 Å². The van der Waals surface area contributed by atoms with E-state index in [9.17, 15) is 0 Å². The summed E-state index contributed by atoms with van der Waals surface area (Å²) in [6.07, 6.45) is 6.39. The van der Waals surface area contributed by atoms with Crippen molar-refractivity contribution in [3.63, 3.8) is 0 Å². The van der Waals surface area contributed by atoms with E-state index in [1.165, 1.54) is 0 Å². The molecule has 3 aromatic rings. The van der Waals surface area contributed by atoms with Gasteiger partial charge in [0.15, 0.2) is 5.96 Å². The van der Waals surface area contributed by atoms with Crippen molar-refractivity contribution in [1.29, 1.82) is 0 Å². The van der Waals surface area contributed by atoms with Crippen LogP contribution in [0.5, 0.6) is 0 Å². The van der Waals surface area contributed by atoms with Gasteiger partial charge in [0.1, 0.15) is 6.26 Å². The Labute approximate surface area is 144 Å². The monoisotopic (exact) mass is 344 g/mol. The number of rotatable bonds is 7. The Morgan fingerprint density at radius 2 is 2.33 bits per heavy atom. The first-order valence-corrected chi connectivity index (χ1v) is 8.63. The lowest BCUT2D eigenvalue weighted by Crippen LogP contribution is -2.37. The number of hydrogen-bond donors (Lipinski definition) is 2. The Morgan fingerprint density at radius 1 is 1.38 bits per heavy atom. The van der Waals surface area contributed by atoms with Crippen LogP contribution in [0.1, 0.15) is 12.1 Å². The minimum atomic E-state index is 0.563. The maximum Gasteiger partial charge on any atom is 0.236 e. The number of thiophene rings is 1. The molecule has 3 rings (SSSR count). The lowest BCUT2D eigenvalue weighted by molar-refractivity contribution is 0.569. The van der Waals surface area contributed by atoms with Gasteiger partial charge in [0.05, 0.1) is 17.1 Å². The van der Waals surface area contributed by atoms with Gasteiger partial charge in [-0.2, -0.15) is 5.10 Å². The van der Waals surface area contributed by atoms with Gasteiger partial charge in [-0.15, -0.1) is 11.3 Å². The summed E-state index contributed by atoms with van der Waals surface area (Å²) >= 11 is 1.61. The van der Waals surface area contributed by atoms with E-state index in [1.54, 1.807) is 30.8 Å². The molecular formula is C16H20N6OS. The van der Waals surface area contributed by atoms with Gasteiger partial charge in [0.2, 0.25) is 5.89 Å². The van der Waals surface area contributed by atoms with Gasteiger partial charge in [0, 0.05) is 32.5 Å². The van der Waals surface area contributed by atoms with Crippen LogP contribution in [0.3, 0.4) is 0 Å². The molecule has 0 aromatic carbocycles. The Kier molecular flexibility index (Phi) is 5.62. The van der Waals surface area contributed by atoms with Crippen molar-refractivity contribution in [2.24, 2.45) is 4.99 Å². The predicted molar refractivity (Wildman–Crippen MR) is 94.9 cm³/mol. The standard InChI is InChI=1S/C16H20N6OS/c1-17-16(18-6-3-8-22-9-4-7-20-22)19-11-13-12-23-15(21-13)14-5-2-10-24-14/h2,4-5,7,9-10,12H,3,6,8,11H2,1H3,(H2,17,18,19). The van der Waals surface area contributed by atoms with Crippen LogP contribution < -0.4 is 10.6 Å². The highest BCUT2D eigenvalue weighted by atomic mass is 32.1. The number of guanidine groups is 1. The normalized spacial score (nSPS) is 11.6. The first-order chi connectivity index (χ1) is 11.8. The first kappa shape index (κ1) is 16.3. The minimum absolute atomic E-state index is 0.563. The SMILES string of the molecule is CN=C(NCCCn1cccn1)NCc1coc(-c2cccs2)n1. The van der Waals surface area contributed by atoms with Gasteiger partial charge >= 0.3 is 0 Å². The maximum absolute atomic E-state index is 5.50. The molecule has 0 saturated heterocycles. The second kappa shape index (κ2) is 8.30. The zero-order valence-corrected chi connectivity index (χ0v) is 14.3. The molecule has 7 nitrogen and oxygen atoms in total. The van der Waals surface area contributed by atoms with Crippen molar-refractivity contribution >= 4 is 17.3 Å². The summed E-state index contributed by atoms with van der Waals surface area (Å²) in [5.74, 6) is 1.40. The fraction of sp³-hybridized carbons (Fsp3) is 0.312. The summed E-state index contributed by atoms with van der Waals surface area (Å²) in [5.41, 5.74) is 0.845. The average molecular weight is 344 g/mol. The van der Waals surface area contributed by atoms with E-state index in [1.807, 2.05) is 34.5 Å². The molecule has 0 aliphatic heterocycles. The Hall–Kier alpha value is -2.61. The third-order valence-electron chi connectivity index (χ3n) is 3.36. The Bertz CT molecular complexity index is 747. The highest BCUT2D eigenvalue weighted by molar-refractivity contribution is 7.13. The van der Waals surface area contributed by atoms with Crippen LogP contribution in [0.25, 0.3) is 10.8 Å². The van der Waals surface area contributed by atoms with Gasteiger partial charge in [-0.05, 0) is 23.9 Å². The summed E-state index contributed by atoms with van der Waals surface area (Å²) < 4.78 is 7.42. The van der Waals surface area contributed by atoms with E-state index in [-0.39, 0.29) is 0 Å². The topological polar surface area (TPSA) is 80.3 Å². The molecule has 8 heteroatoms. The van der Waals surface area contributed by atoms with E-state index < -0.39 is 0 Å². The molecule has 3 aromatic heterocycles. The molecule has 0 aliphatic carbocycles. The van der Waals surface area contributed by atoms with Crippen molar-refractivity contribution in [3.05, 3.63) is 47.9 Å². The van der Waals surface area contributed by atoms with E-state index in [4.69, 9.17) is 4.42 Å². The largest absolute Gasteiger partial charge is 0.443 e. The second-order valence-corrected chi connectivity index (χ2v) is 6.04. The van der Waals surface area contributed by atoms with Crippen molar-refractivity contribution in [2.75, 3.05) is 13.6 Å². The van der Waals surface area contributed by atoms with Crippen LogP contribution in [-0.4, -0.2) is 34.3 Å². The molecule has 0 unspecified atom stereocenters. The van der Waals surface area contributed by atoms with Crippen molar-refractivity contribution in [2.45, 2.75) is 19.5 Å². The Balaban J connectivity index is 1.41. The molecule has 24 heavy (non-hydrogen) atoms. The number of aliphatic imine (C=N–C) groups is 1. The fourth-order valence-electron chi connectivity index (χ4n) is 2.18. The molecule has 0 saturated carbocycles. The first-order valence-electron chi connectivity index (χ1n) is 7.75. The number of nitrogens with zero attached hydrogens (tertiary/aromatic N) is 4. The quantitative estimate of drug-likeness (QED) is 0.391. The van der Waals surface area contributed by atoms with Gasteiger partial charge in [-0.25, -0.2) is 4.98 Å². The van der Waals surface area contributed by atoms with Crippen LogP contribution >= 0.6 is 11.3 Å². The van der Waals surface area contributed by atoms with Crippen LogP contribution in [0.4, 0.5) is 0 Å². The summed E-state index contributed by atoms with van der Waals surface area (Å²) in [4.78, 5) is 9.72.